The van der Waals surface area contributed by atoms with Crippen LogP contribution in [0.1, 0.15) is 19.4 Å². The molecule has 1 aromatic rings. The van der Waals surface area contributed by atoms with E-state index >= 15 is 0 Å². The number of rotatable bonds is 4. The Bertz CT molecular complexity index is 578. The SMILES string of the molecule is CC1(C)NCC(/C=C/c2ccc([N+](=O)[O-])cc2)[C@@H]1C(=O)O. The fourth-order valence-electron chi connectivity index (χ4n) is 2.76. The maximum Gasteiger partial charge on any atom is 0.309 e. The Kier molecular flexibility index (Phi) is 4.09. The highest BCUT2D eigenvalue weighted by molar-refractivity contribution is 5.73. The summed E-state index contributed by atoms with van der Waals surface area (Å²) in [7, 11) is 0. The van der Waals surface area contributed by atoms with Gasteiger partial charge in [-0.25, -0.2) is 0 Å². The van der Waals surface area contributed by atoms with Gasteiger partial charge in [-0.05, 0) is 31.5 Å². The Hall–Kier alpha value is -2.21. The van der Waals surface area contributed by atoms with Crippen LogP contribution in [0.4, 0.5) is 5.69 Å². The van der Waals surface area contributed by atoms with Crippen LogP contribution in [0.2, 0.25) is 0 Å². The van der Waals surface area contributed by atoms with E-state index in [9.17, 15) is 20.0 Å². The molecule has 1 aliphatic heterocycles. The third-order valence-electron chi connectivity index (χ3n) is 3.90. The summed E-state index contributed by atoms with van der Waals surface area (Å²) in [4.78, 5) is 21.5. The number of hydrogen-bond donors (Lipinski definition) is 2. The van der Waals surface area contributed by atoms with Crippen molar-refractivity contribution < 1.29 is 14.8 Å². The molecule has 0 aliphatic carbocycles. The quantitative estimate of drug-likeness (QED) is 0.655. The topological polar surface area (TPSA) is 92.5 Å². The number of hydrogen-bond acceptors (Lipinski definition) is 4. The number of nitrogens with zero attached hydrogens (tertiary/aromatic N) is 1. The van der Waals surface area contributed by atoms with Crippen LogP contribution in [-0.4, -0.2) is 28.1 Å². The number of benzene rings is 1. The van der Waals surface area contributed by atoms with E-state index in [1.165, 1.54) is 12.1 Å². The van der Waals surface area contributed by atoms with Crippen molar-refractivity contribution >= 4 is 17.7 Å². The summed E-state index contributed by atoms with van der Waals surface area (Å²) in [5.74, 6) is -1.41. The van der Waals surface area contributed by atoms with Crippen molar-refractivity contribution in [3.63, 3.8) is 0 Å². The molecule has 1 heterocycles. The lowest BCUT2D eigenvalue weighted by molar-refractivity contribution is -0.384. The van der Waals surface area contributed by atoms with Crippen molar-refractivity contribution in [3.05, 3.63) is 46.0 Å². The van der Waals surface area contributed by atoms with Gasteiger partial charge in [-0.3, -0.25) is 14.9 Å². The molecule has 1 saturated heterocycles. The minimum atomic E-state index is -0.816. The van der Waals surface area contributed by atoms with Gasteiger partial charge in [-0.15, -0.1) is 0 Å². The van der Waals surface area contributed by atoms with E-state index in [4.69, 9.17) is 0 Å². The van der Waals surface area contributed by atoms with Crippen LogP contribution in [0.5, 0.6) is 0 Å². The molecule has 2 N–H and O–H groups in total. The Balaban J connectivity index is 2.13. The fourth-order valence-corrected chi connectivity index (χ4v) is 2.76. The van der Waals surface area contributed by atoms with Crippen LogP contribution < -0.4 is 5.32 Å². The molecule has 1 fully saturated rings. The molecule has 6 nitrogen and oxygen atoms in total. The van der Waals surface area contributed by atoms with Gasteiger partial charge in [0.1, 0.15) is 0 Å². The summed E-state index contributed by atoms with van der Waals surface area (Å²) in [6.07, 6.45) is 3.68. The number of carboxylic acid groups (broad SMARTS) is 1. The van der Waals surface area contributed by atoms with Crippen molar-refractivity contribution in [3.8, 4) is 0 Å². The largest absolute Gasteiger partial charge is 0.481 e. The second-order valence-corrected chi connectivity index (χ2v) is 5.79. The van der Waals surface area contributed by atoms with E-state index in [1.807, 2.05) is 26.0 Å². The molecule has 6 heteroatoms. The van der Waals surface area contributed by atoms with Crippen LogP contribution >= 0.6 is 0 Å². The second kappa shape index (κ2) is 5.65. The van der Waals surface area contributed by atoms with E-state index in [0.717, 1.165) is 5.56 Å². The van der Waals surface area contributed by atoms with Crippen molar-refractivity contribution in [2.45, 2.75) is 19.4 Å². The Morgan fingerprint density at radius 2 is 2.05 bits per heavy atom. The van der Waals surface area contributed by atoms with E-state index in [1.54, 1.807) is 12.1 Å². The first-order chi connectivity index (χ1) is 9.81. The smallest absolute Gasteiger partial charge is 0.309 e. The first kappa shape index (κ1) is 15.2. The number of nitro benzene ring substituents is 1. The first-order valence-electron chi connectivity index (χ1n) is 6.72. The second-order valence-electron chi connectivity index (χ2n) is 5.79. The zero-order chi connectivity index (χ0) is 15.6. The number of carboxylic acids is 1. The molecule has 112 valence electrons. The normalized spacial score (nSPS) is 24.3. The molecule has 2 atom stereocenters. The molecule has 0 bridgehead atoms. The highest BCUT2D eigenvalue weighted by Gasteiger charge is 2.45. The van der Waals surface area contributed by atoms with Gasteiger partial charge in [0, 0.05) is 30.1 Å². The van der Waals surface area contributed by atoms with Gasteiger partial charge in [0.25, 0.3) is 5.69 Å². The lowest BCUT2D eigenvalue weighted by Gasteiger charge is -2.25. The third-order valence-corrected chi connectivity index (χ3v) is 3.90. The van der Waals surface area contributed by atoms with E-state index < -0.39 is 22.3 Å². The highest BCUT2D eigenvalue weighted by atomic mass is 16.6. The molecule has 1 aromatic carbocycles. The van der Waals surface area contributed by atoms with E-state index in [-0.39, 0.29) is 11.6 Å². The average molecular weight is 290 g/mol. The maximum atomic E-state index is 11.4. The molecular formula is C15H18N2O4. The van der Waals surface area contributed by atoms with Crippen LogP contribution in [-0.2, 0) is 4.79 Å². The van der Waals surface area contributed by atoms with Gasteiger partial charge >= 0.3 is 5.97 Å². The number of nitro groups is 1. The van der Waals surface area contributed by atoms with Crippen molar-refractivity contribution in [1.29, 1.82) is 0 Å². The molecule has 0 spiro atoms. The van der Waals surface area contributed by atoms with Gasteiger partial charge in [-0.1, -0.05) is 12.2 Å². The fraction of sp³-hybridized carbons (Fsp3) is 0.400. The molecule has 21 heavy (non-hydrogen) atoms. The van der Waals surface area contributed by atoms with E-state index in [2.05, 4.69) is 5.32 Å². The van der Waals surface area contributed by atoms with E-state index in [0.29, 0.717) is 6.54 Å². The Labute approximate surface area is 122 Å². The van der Waals surface area contributed by atoms with Crippen molar-refractivity contribution in [2.75, 3.05) is 6.54 Å². The number of aliphatic carboxylic acids is 1. The molecule has 0 aromatic heterocycles. The lowest BCUT2D eigenvalue weighted by Crippen LogP contribution is -2.42. The minimum absolute atomic E-state index is 0.0410. The number of carbonyl (C=O) groups is 1. The number of nitrogens with one attached hydrogen (secondary N) is 1. The first-order valence-corrected chi connectivity index (χ1v) is 6.72. The van der Waals surface area contributed by atoms with Gasteiger partial charge in [0.2, 0.25) is 0 Å². The average Bonchev–Trinajstić information content (AvgIpc) is 2.72. The van der Waals surface area contributed by atoms with Gasteiger partial charge < -0.3 is 10.4 Å². The predicted octanol–water partition coefficient (Wildman–Crippen LogP) is 2.31. The molecule has 0 radical (unpaired) electrons. The summed E-state index contributed by atoms with van der Waals surface area (Å²) in [6, 6.07) is 6.17. The van der Waals surface area contributed by atoms with Crippen molar-refractivity contribution in [1.82, 2.24) is 5.32 Å². The number of non-ortho nitro benzene ring substituents is 1. The highest BCUT2D eigenvalue weighted by Crippen LogP contribution is 2.32. The zero-order valence-corrected chi connectivity index (χ0v) is 11.9. The zero-order valence-electron chi connectivity index (χ0n) is 11.9. The van der Waals surface area contributed by atoms with Crippen LogP contribution in [0.3, 0.4) is 0 Å². The minimum Gasteiger partial charge on any atom is -0.481 e. The maximum absolute atomic E-state index is 11.4. The Morgan fingerprint density at radius 3 is 2.57 bits per heavy atom. The van der Waals surface area contributed by atoms with Gasteiger partial charge in [0.05, 0.1) is 10.8 Å². The van der Waals surface area contributed by atoms with Crippen LogP contribution in [0.25, 0.3) is 6.08 Å². The molecule has 0 amide bonds. The standard InChI is InChI=1S/C15H18N2O4/c1-15(2)13(14(18)19)11(9-16-15)6-3-10-4-7-12(8-5-10)17(20)21/h3-8,11,13,16H,9H2,1-2H3,(H,18,19)/b6-3+/t11?,13-/m1/s1. The third kappa shape index (κ3) is 3.28. The summed E-state index contributed by atoms with van der Waals surface area (Å²) in [5.41, 5.74) is 0.407. The van der Waals surface area contributed by atoms with Gasteiger partial charge in [-0.2, -0.15) is 0 Å². The monoisotopic (exact) mass is 290 g/mol. The van der Waals surface area contributed by atoms with Gasteiger partial charge in [0.15, 0.2) is 0 Å². The molecule has 1 aliphatic rings. The summed E-state index contributed by atoms with van der Waals surface area (Å²) in [6.45, 7) is 4.37. The molecule has 1 unspecified atom stereocenters. The molecule has 2 rings (SSSR count). The summed E-state index contributed by atoms with van der Waals surface area (Å²) in [5, 5.41) is 23.2. The lowest BCUT2D eigenvalue weighted by atomic mass is 9.82. The predicted molar refractivity (Wildman–Crippen MR) is 78.8 cm³/mol. The Morgan fingerprint density at radius 1 is 1.43 bits per heavy atom. The molecule has 0 saturated carbocycles. The summed E-state index contributed by atoms with van der Waals surface area (Å²) < 4.78 is 0. The summed E-state index contributed by atoms with van der Waals surface area (Å²) >= 11 is 0. The van der Waals surface area contributed by atoms with Crippen LogP contribution in [0.15, 0.2) is 30.3 Å². The van der Waals surface area contributed by atoms with Crippen molar-refractivity contribution in [2.24, 2.45) is 11.8 Å². The van der Waals surface area contributed by atoms with Crippen LogP contribution in [0, 0.1) is 22.0 Å². The molecular weight excluding hydrogens is 272 g/mol.